The standard InChI is InChI=1S/C28H29FN2O3/c1-16-6-7-19(26(32)31-28(2,3)4)15-21(16)18-10-13-23-22(14-18)24(27(33)30-5)25(34-23)17-8-11-20(29)12-9-17/h6-15,24-25H,1-5H3,(H,30,33)(H,31,32). The van der Waals surface area contributed by atoms with Crippen molar-refractivity contribution in [3.63, 3.8) is 0 Å². The second kappa shape index (κ2) is 8.93. The second-order valence-electron chi connectivity index (χ2n) is 9.67. The van der Waals surface area contributed by atoms with E-state index < -0.39 is 12.0 Å². The maximum Gasteiger partial charge on any atom is 0.251 e. The highest BCUT2D eigenvalue weighted by Crippen LogP contribution is 2.47. The predicted octanol–water partition coefficient (Wildman–Crippen LogP) is 5.29. The number of hydrogen-bond acceptors (Lipinski definition) is 3. The second-order valence-corrected chi connectivity index (χ2v) is 9.67. The first-order valence-electron chi connectivity index (χ1n) is 11.3. The van der Waals surface area contributed by atoms with Gasteiger partial charge in [-0.3, -0.25) is 9.59 Å². The van der Waals surface area contributed by atoms with Crippen LogP contribution in [0, 0.1) is 12.7 Å². The maximum absolute atomic E-state index is 13.5. The predicted molar refractivity (Wildman–Crippen MR) is 130 cm³/mol. The Morgan fingerprint density at radius 3 is 2.32 bits per heavy atom. The topological polar surface area (TPSA) is 67.4 Å². The average molecular weight is 461 g/mol. The average Bonchev–Trinajstić information content (AvgIpc) is 3.17. The van der Waals surface area contributed by atoms with E-state index in [1.807, 2.05) is 64.1 Å². The highest BCUT2D eigenvalue weighted by Gasteiger charge is 2.40. The third-order valence-electron chi connectivity index (χ3n) is 5.93. The molecule has 34 heavy (non-hydrogen) atoms. The first kappa shape index (κ1) is 23.5. The van der Waals surface area contributed by atoms with Crippen molar-refractivity contribution in [1.29, 1.82) is 0 Å². The normalized spacial score (nSPS) is 17.0. The number of halogens is 1. The molecule has 0 radical (unpaired) electrons. The Bertz CT molecular complexity index is 1250. The summed E-state index contributed by atoms with van der Waals surface area (Å²) in [5, 5.41) is 5.72. The molecule has 1 heterocycles. The molecule has 0 aliphatic carbocycles. The molecule has 0 saturated carbocycles. The van der Waals surface area contributed by atoms with Gasteiger partial charge in [0.1, 0.15) is 23.6 Å². The SMILES string of the molecule is CNC(=O)C1c2cc(-c3cc(C(=O)NC(C)(C)C)ccc3C)ccc2OC1c1ccc(F)cc1. The number of amides is 2. The van der Waals surface area contributed by atoms with E-state index in [2.05, 4.69) is 10.6 Å². The Morgan fingerprint density at radius 1 is 0.971 bits per heavy atom. The molecule has 2 amide bonds. The molecule has 2 N–H and O–H groups in total. The van der Waals surface area contributed by atoms with Crippen molar-refractivity contribution in [2.75, 3.05) is 7.05 Å². The van der Waals surface area contributed by atoms with Crippen molar-refractivity contribution >= 4 is 11.8 Å². The summed E-state index contributed by atoms with van der Waals surface area (Å²) in [6.45, 7) is 7.81. The summed E-state index contributed by atoms with van der Waals surface area (Å²) >= 11 is 0. The van der Waals surface area contributed by atoms with E-state index in [1.165, 1.54) is 12.1 Å². The van der Waals surface area contributed by atoms with E-state index >= 15 is 0 Å². The molecular formula is C28H29FN2O3. The van der Waals surface area contributed by atoms with E-state index in [9.17, 15) is 14.0 Å². The van der Waals surface area contributed by atoms with Gasteiger partial charge in [-0.05, 0) is 86.3 Å². The number of likely N-dealkylation sites (N-methyl/N-ethyl adjacent to an activating group) is 1. The molecule has 176 valence electrons. The molecule has 2 unspecified atom stereocenters. The van der Waals surface area contributed by atoms with E-state index in [-0.39, 0.29) is 23.2 Å². The smallest absolute Gasteiger partial charge is 0.251 e. The van der Waals surface area contributed by atoms with Crippen LogP contribution in [0.5, 0.6) is 5.75 Å². The third kappa shape index (κ3) is 4.67. The minimum Gasteiger partial charge on any atom is -0.484 e. The Morgan fingerprint density at radius 2 is 1.68 bits per heavy atom. The summed E-state index contributed by atoms with van der Waals surface area (Å²) in [6.07, 6.45) is -0.559. The number of ether oxygens (including phenoxy) is 1. The van der Waals surface area contributed by atoms with Gasteiger partial charge < -0.3 is 15.4 Å². The zero-order chi connectivity index (χ0) is 24.6. The number of nitrogens with one attached hydrogen (secondary N) is 2. The van der Waals surface area contributed by atoms with Crippen molar-refractivity contribution in [3.8, 4) is 16.9 Å². The number of carbonyl (C=O) groups is 2. The lowest BCUT2D eigenvalue weighted by molar-refractivity contribution is -0.123. The van der Waals surface area contributed by atoms with Gasteiger partial charge in [-0.25, -0.2) is 4.39 Å². The fourth-order valence-electron chi connectivity index (χ4n) is 4.27. The largest absolute Gasteiger partial charge is 0.484 e. The van der Waals surface area contributed by atoms with Crippen LogP contribution < -0.4 is 15.4 Å². The van der Waals surface area contributed by atoms with Crippen LogP contribution in [0.25, 0.3) is 11.1 Å². The van der Waals surface area contributed by atoms with Crippen LogP contribution >= 0.6 is 0 Å². The summed E-state index contributed by atoms with van der Waals surface area (Å²) in [7, 11) is 1.59. The van der Waals surface area contributed by atoms with Crippen molar-refractivity contribution in [2.24, 2.45) is 0 Å². The zero-order valence-electron chi connectivity index (χ0n) is 20.0. The van der Waals surface area contributed by atoms with Gasteiger partial charge in [0.05, 0.1) is 0 Å². The number of aryl methyl sites for hydroxylation is 1. The van der Waals surface area contributed by atoms with Crippen molar-refractivity contribution < 1.29 is 18.7 Å². The van der Waals surface area contributed by atoms with Gasteiger partial charge in [0.2, 0.25) is 5.91 Å². The van der Waals surface area contributed by atoms with Crippen molar-refractivity contribution in [2.45, 2.75) is 45.3 Å². The summed E-state index contributed by atoms with van der Waals surface area (Å²) in [4.78, 5) is 25.6. The lowest BCUT2D eigenvalue weighted by Crippen LogP contribution is -2.40. The Kier molecular flexibility index (Phi) is 6.17. The number of rotatable bonds is 4. The molecule has 3 aromatic carbocycles. The van der Waals surface area contributed by atoms with Crippen LogP contribution in [0.3, 0.4) is 0 Å². The lowest BCUT2D eigenvalue weighted by Gasteiger charge is -2.21. The lowest BCUT2D eigenvalue weighted by atomic mass is 9.88. The Balaban J connectivity index is 1.74. The number of fused-ring (bicyclic) bond motifs is 1. The highest BCUT2D eigenvalue weighted by molar-refractivity contribution is 5.96. The number of benzene rings is 3. The summed E-state index contributed by atoms with van der Waals surface area (Å²) in [5.74, 6) is -0.633. The van der Waals surface area contributed by atoms with E-state index in [4.69, 9.17) is 4.74 Å². The highest BCUT2D eigenvalue weighted by atomic mass is 19.1. The molecule has 0 fully saturated rings. The Hall–Kier alpha value is -3.67. The van der Waals surface area contributed by atoms with Gasteiger partial charge in [0.15, 0.2) is 0 Å². The van der Waals surface area contributed by atoms with Crippen molar-refractivity contribution in [3.05, 3.63) is 88.7 Å². The van der Waals surface area contributed by atoms with Gasteiger partial charge >= 0.3 is 0 Å². The van der Waals surface area contributed by atoms with Crippen LogP contribution in [0.2, 0.25) is 0 Å². The molecule has 0 saturated heterocycles. The number of hydrogen-bond donors (Lipinski definition) is 2. The van der Waals surface area contributed by atoms with Crippen LogP contribution in [-0.2, 0) is 4.79 Å². The summed E-state index contributed by atoms with van der Waals surface area (Å²) < 4.78 is 19.6. The fraction of sp³-hybridized carbons (Fsp3) is 0.286. The van der Waals surface area contributed by atoms with Crippen LogP contribution in [-0.4, -0.2) is 24.4 Å². The van der Waals surface area contributed by atoms with Crippen LogP contribution in [0.1, 0.15) is 59.8 Å². The van der Waals surface area contributed by atoms with E-state index in [0.29, 0.717) is 11.3 Å². The minimum atomic E-state index is -0.585. The van der Waals surface area contributed by atoms with E-state index in [0.717, 1.165) is 27.8 Å². The molecule has 4 rings (SSSR count). The maximum atomic E-state index is 13.5. The fourth-order valence-corrected chi connectivity index (χ4v) is 4.27. The van der Waals surface area contributed by atoms with Crippen LogP contribution in [0.4, 0.5) is 4.39 Å². The monoisotopic (exact) mass is 460 g/mol. The van der Waals surface area contributed by atoms with Crippen molar-refractivity contribution in [1.82, 2.24) is 10.6 Å². The molecule has 0 spiro atoms. The molecule has 0 aromatic heterocycles. The molecule has 0 bridgehead atoms. The molecular weight excluding hydrogens is 431 g/mol. The first-order valence-corrected chi connectivity index (χ1v) is 11.3. The van der Waals surface area contributed by atoms with E-state index in [1.54, 1.807) is 19.2 Å². The van der Waals surface area contributed by atoms with Gasteiger partial charge in [-0.15, -0.1) is 0 Å². The third-order valence-corrected chi connectivity index (χ3v) is 5.93. The molecule has 1 aliphatic rings. The molecule has 6 heteroatoms. The van der Waals surface area contributed by atoms with Gasteiger partial charge in [0.25, 0.3) is 5.91 Å². The van der Waals surface area contributed by atoms with Crippen LogP contribution in [0.15, 0.2) is 60.7 Å². The van der Waals surface area contributed by atoms with Gasteiger partial charge in [-0.1, -0.05) is 24.3 Å². The summed E-state index contributed by atoms with van der Waals surface area (Å²) in [5.41, 5.74) is 4.52. The Labute approximate surface area is 199 Å². The molecule has 2 atom stereocenters. The first-order chi connectivity index (χ1) is 16.1. The molecule has 5 nitrogen and oxygen atoms in total. The quantitative estimate of drug-likeness (QED) is 0.556. The minimum absolute atomic E-state index is 0.141. The van der Waals surface area contributed by atoms with Gasteiger partial charge in [0, 0.05) is 23.7 Å². The van der Waals surface area contributed by atoms with Gasteiger partial charge in [-0.2, -0.15) is 0 Å². The summed E-state index contributed by atoms with van der Waals surface area (Å²) in [6, 6.07) is 17.4. The zero-order valence-corrected chi connectivity index (χ0v) is 20.0. The molecule has 1 aliphatic heterocycles. The molecule has 3 aromatic rings. The number of carbonyl (C=O) groups excluding carboxylic acids is 2.